The fraction of sp³-hybridized carbons (Fsp3) is 0.409. The van der Waals surface area contributed by atoms with Crippen LogP contribution in [0.2, 0.25) is 0 Å². The number of hydrogen-bond donors (Lipinski definition) is 2. The molecule has 0 atom stereocenters. The second-order valence-electron chi connectivity index (χ2n) is 7.99. The highest BCUT2D eigenvalue weighted by molar-refractivity contribution is 7.89. The van der Waals surface area contributed by atoms with Crippen molar-refractivity contribution < 1.29 is 13.2 Å². The highest BCUT2D eigenvalue weighted by atomic mass is 35.5. The van der Waals surface area contributed by atoms with Crippen LogP contribution in [0.1, 0.15) is 36.3 Å². The number of aromatic amines is 1. The maximum absolute atomic E-state index is 12.5. The molecule has 3 heterocycles. The number of amides is 1. The Morgan fingerprint density at radius 2 is 2.03 bits per heavy atom. The van der Waals surface area contributed by atoms with Crippen molar-refractivity contribution in [1.29, 1.82) is 0 Å². The summed E-state index contributed by atoms with van der Waals surface area (Å²) in [6, 6.07) is 6.26. The van der Waals surface area contributed by atoms with E-state index in [9.17, 15) is 13.2 Å². The average Bonchev–Trinajstić information content (AvgIpc) is 3.42. The molecule has 1 aliphatic heterocycles. The summed E-state index contributed by atoms with van der Waals surface area (Å²) in [5.74, 6) is 0.350. The van der Waals surface area contributed by atoms with E-state index in [0.29, 0.717) is 25.4 Å². The van der Waals surface area contributed by atoms with Crippen molar-refractivity contribution in [3.8, 4) is 11.1 Å². The normalized spacial score (nSPS) is 16.2. The molecule has 1 saturated heterocycles. The zero-order valence-corrected chi connectivity index (χ0v) is 19.5. The van der Waals surface area contributed by atoms with Gasteiger partial charge in [0.1, 0.15) is 0 Å². The van der Waals surface area contributed by atoms with Crippen LogP contribution in [0.5, 0.6) is 0 Å². The topological polar surface area (TPSA) is 96.3 Å². The van der Waals surface area contributed by atoms with E-state index in [1.54, 1.807) is 15.6 Å². The highest BCUT2D eigenvalue weighted by Gasteiger charge is 2.29. The molecule has 31 heavy (non-hydrogen) atoms. The first-order valence-electron chi connectivity index (χ1n) is 10.4. The molecule has 166 valence electrons. The van der Waals surface area contributed by atoms with Gasteiger partial charge in [-0.15, -0.1) is 11.6 Å². The van der Waals surface area contributed by atoms with Crippen molar-refractivity contribution in [2.24, 2.45) is 5.73 Å². The largest absolute Gasteiger partial charge is 0.369 e. The number of nitrogens with two attached hydrogens (primary N) is 1. The molecule has 6 nitrogen and oxygen atoms in total. The lowest BCUT2D eigenvalue weighted by Crippen LogP contribution is -2.39. The number of thiophene rings is 1. The predicted octanol–water partition coefficient (Wildman–Crippen LogP) is 4.06. The molecule has 0 saturated carbocycles. The maximum atomic E-state index is 12.5. The van der Waals surface area contributed by atoms with Gasteiger partial charge in [0, 0.05) is 36.1 Å². The molecule has 4 rings (SSSR count). The molecular formula is C22H26ClN3O3S2. The number of benzene rings is 1. The number of aromatic nitrogens is 1. The van der Waals surface area contributed by atoms with Gasteiger partial charge in [0.25, 0.3) is 0 Å². The lowest BCUT2D eigenvalue weighted by Gasteiger charge is -2.31. The number of rotatable bonds is 8. The number of sulfonamides is 1. The Morgan fingerprint density at radius 1 is 1.26 bits per heavy atom. The molecule has 3 aromatic rings. The maximum Gasteiger partial charge on any atom is 0.221 e. The first-order chi connectivity index (χ1) is 14.9. The SMILES string of the molecule is NC(=O)Cc1cc(-c2ccsc2)cc2c(C3CCN(S(=O)(=O)CCCCl)CC3)c[nH]c12. The fourth-order valence-electron chi connectivity index (χ4n) is 4.40. The molecule has 0 bridgehead atoms. The van der Waals surface area contributed by atoms with E-state index < -0.39 is 10.0 Å². The Hall–Kier alpha value is -1.87. The number of H-pyrrole nitrogens is 1. The number of fused-ring (bicyclic) bond motifs is 1. The zero-order chi connectivity index (χ0) is 22.0. The summed E-state index contributed by atoms with van der Waals surface area (Å²) in [4.78, 5) is 15.0. The van der Waals surface area contributed by atoms with Gasteiger partial charge in [0.2, 0.25) is 15.9 Å². The van der Waals surface area contributed by atoms with Crippen LogP contribution in [0, 0.1) is 0 Å². The van der Waals surface area contributed by atoms with Crippen LogP contribution in [-0.2, 0) is 21.2 Å². The van der Waals surface area contributed by atoms with Crippen LogP contribution in [0.4, 0.5) is 0 Å². The molecule has 0 unspecified atom stereocenters. The number of nitrogens with one attached hydrogen (secondary N) is 1. The molecule has 1 fully saturated rings. The quantitative estimate of drug-likeness (QED) is 0.477. The van der Waals surface area contributed by atoms with Crippen molar-refractivity contribution in [3.05, 3.63) is 46.3 Å². The Balaban J connectivity index is 1.63. The van der Waals surface area contributed by atoms with Crippen molar-refractivity contribution in [2.45, 2.75) is 31.6 Å². The molecule has 9 heteroatoms. The average molecular weight is 480 g/mol. The minimum atomic E-state index is -3.25. The number of piperidine rings is 1. The minimum absolute atomic E-state index is 0.106. The fourth-order valence-corrected chi connectivity index (χ4v) is 6.89. The second kappa shape index (κ2) is 9.32. The molecule has 0 radical (unpaired) electrons. The van der Waals surface area contributed by atoms with Gasteiger partial charge < -0.3 is 10.7 Å². The number of carbonyl (C=O) groups is 1. The third-order valence-corrected chi connectivity index (χ3v) is 8.85. The molecule has 1 aromatic carbocycles. The van der Waals surface area contributed by atoms with E-state index in [1.807, 2.05) is 17.6 Å². The Morgan fingerprint density at radius 3 is 2.68 bits per heavy atom. The van der Waals surface area contributed by atoms with Crippen molar-refractivity contribution >= 4 is 49.8 Å². The van der Waals surface area contributed by atoms with Crippen LogP contribution in [-0.4, -0.2) is 48.3 Å². The second-order valence-corrected chi connectivity index (χ2v) is 11.2. The number of primary amides is 1. The minimum Gasteiger partial charge on any atom is -0.369 e. The molecular weight excluding hydrogens is 454 g/mol. The summed E-state index contributed by atoms with van der Waals surface area (Å²) in [5.41, 5.74) is 10.7. The number of hydrogen-bond acceptors (Lipinski definition) is 4. The number of carbonyl (C=O) groups excluding carboxylic acids is 1. The van der Waals surface area contributed by atoms with Gasteiger partial charge in [0.05, 0.1) is 12.2 Å². The van der Waals surface area contributed by atoms with Gasteiger partial charge in [-0.3, -0.25) is 4.79 Å². The molecule has 0 spiro atoms. The van der Waals surface area contributed by atoms with Crippen LogP contribution in [0.15, 0.2) is 35.2 Å². The first kappa shape index (κ1) is 22.3. The Bertz CT molecular complexity index is 1160. The van der Waals surface area contributed by atoms with Crippen molar-refractivity contribution in [3.63, 3.8) is 0 Å². The number of halogens is 1. The summed E-state index contributed by atoms with van der Waals surface area (Å²) in [5, 5.41) is 5.21. The van der Waals surface area contributed by atoms with Crippen molar-refractivity contribution in [1.82, 2.24) is 9.29 Å². The zero-order valence-electron chi connectivity index (χ0n) is 17.1. The summed E-state index contributed by atoms with van der Waals surface area (Å²) in [7, 11) is -3.25. The Kier molecular flexibility index (Phi) is 6.71. The summed E-state index contributed by atoms with van der Waals surface area (Å²) in [6.45, 7) is 1.03. The van der Waals surface area contributed by atoms with Gasteiger partial charge >= 0.3 is 0 Å². The molecule has 3 N–H and O–H groups in total. The van der Waals surface area contributed by atoms with Crippen molar-refractivity contribution in [2.75, 3.05) is 24.7 Å². The molecule has 0 aliphatic carbocycles. The van der Waals surface area contributed by atoms with Crippen LogP contribution in [0.3, 0.4) is 0 Å². The van der Waals surface area contributed by atoms with E-state index in [4.69, 9.17) is 17.3 Å². The summed E-state index contributed by atoms with van der Waals surface area (Å²) >= 11 is 7.30. The number of alkyl halides is 1. The standard InChI is InChI=1S/C22H26ClN3O3S2/c23-5-1-9-31(28,29)26-6-2-15(3-7-26)20-13-25-22-18(12-21(24)27)10-17(11-19(20)22)16-4-8-30-14-16/h4,8,10-11,13-15,25H,1-3,5-7,9,12H2,(H2,24,27). The smallest absolute Gasteiger partial charge is 0.221 e. The number of nitrogens with zero attached hydrogens (tertiary/aromatic N) is 1. The summed E-state index contributed by atoms with van der Waals surface area (Å²) in [6.07, 6.45) is 4.18. The Labute approximate surface area is 191 Å². The van der Waals surface area contributed by atoms with Gasteiger partial charge in [-0.2, -0.15) is 11.3 Å². The molecule has 2 aromatic heterocycles. The van der Waals surface area contributed by atoms with Crippen LogP contribution in [0.25, 0.3) is 22.0 Å². The van der Waals surface area contributed by atoms with Crippen LogP contribution < -0.4 is 5.73 Å². The summed E-state index contributed by atoms with van der Waals surface area (Å²) < 4.78 is 26.6. The monoisotopic (exact) mass is 479 g/mol. The van der Waals surface area contributed by atoms with Gasteiger partial charge in [-0.1, -0.05) is 0 Å². The molecule has 1 aliphatic rings. The highest BCUT2D eigenvalue weighted by Crippen LogP contribution is 2.37. The predicted molar refractivity (Wildman–Crippen MR) is 127 cm³/mol. The third kappa shape index (κ3) is 4.82. The van der Waals surface area contributed by atoms with Gasteiger partial charge in [-0.25, -0.2) is 12.7 Å². The molecule has 1 amide bonds. The van der Waals surface area contributed by atoms with E-state index in [1.165, 1.54) is 5.56 Å². The van der Waals surface area contributed by atoms with E-state index in [2.05, 4.69) is 22.5 Å². The van der Waals surface area contributed by atoms with Crippen LogP contribution >= 0.6 is 22.9 Å². The van der Waals surface area contributed by atoms with E-state index in [0.717, 1.165) is 40.4 Å². The van der Waals surface area contributed by atoms with E-state index in [-0.39, 0.29) is 24.0 Å². The van der Waals surface area contributed by atoms with Gasteiger partial charge in [-0.05, 0) is 76.4 Å². The van der Waals surface area contributed by atoms with E-state index >= 15 is 0 Å². The third-order valence-electron chi connectivity index (χ3n) is 5.95. The van der Waals surface area contributed by atoms with Gasteiger partial charge in [0.15, 0.2) is 0 Å². The first-order valence-corrected chi connectivity index (χ1v) is 13.5. The lowest BCUT2D eigenvalue weighted by atomic mass is 9.88. The lowest BCUT2D eigenvalue weighted by molar-refractivity contribution is -0.117.